The monoisotopic (exact) mass is 322 g/mol. The van der Waals surface area contributed by atoms with Crippen LogP contribution in [0.5, 0.6) is 5.75 Å². The lowest BCUT2D eigenvalue weighted by atomic mass is 9.84. The molecular weight excluding hydrogens is 300 g/mol. The Bertz CT molecular complexity index is 645. The largest absolute Gasteiger partial charge is 0.493 e. The van der Waals surface area contributed by atoms with Crippen LogP contribution in [-0.2, 0) is 9.84 Å². The van der Waals surface area contributed by atoms with Crippen LogP contribution in [-0.4, -0.2) is 31.3 Å². The quantitative estimate of drug-likeness (QED) is 0.800. The van der Waals surface area contributed by atoms with Gasteiger partial charge < -0.3 is 4.74 Å². The lowest BCUT2D eigenvalue weighted by Gasteiger charge is -2.38. The third kappa shape index (κ3) is 2.67. The summed E-state index contributed by atoms with van der Waals surface area (Å²) in [6.07, 6.45) is 3.31. The topological polar surface area (TPSA) is 60.4 Å². The molecule has 4 nitrogen and oxygen atoms in total. The number of carbonyl (C=O) groups excluding carboxylic acids is 1. The van der Waals surface area contributed by atoms with Crippen molar-refractivity contribution in [3.63, 3.8) is 0 Å². The Balaban J connectivity index is 1.85. The highest BCUT2D eigenvalue weighted by Crippen LogP contribution is 2.41. The van der Waals surface area contributed by atoms with Gasteiger partial charge in [0, 0.05) is 5.92 Å². The fourth-order valence-electron chi connectivity index (χ4n) is 3.79. The van der Waals surface area contributed by atoms with Gasteiger partial charge in [-0.2, -0.15) is 0 Å². The van der Waals surface area contributed by atoms with Crippen LogP contribution in [0.15, 0.2) is 24.3 Å². The summed E-state index contributed by atoms with van der Waals surface area (Å²) in [4.78, 5) is 12.9. The van der Waals surface area contributed by atoms with E-state index in [4.69, 9.17) is 4.74 Å². The zero-order valence-electron chi connectivity index (χ0n) is 12.8. The number of sulfone groups is 1. The highest BCUT2D eigenvalue weighted by Gasteiger charge is 2.46. The van der Waals surface area contributed by atoms with Crippen molar-refractivity contribution < 1.29 is 17.9 Å². The Morgan fingerprint density at radius 3 is 2.45 bits per heavy atom. The van der Waals surface area contributed by atoms with Crippen molar-refractivity contribution in [2.45, 2.75) is 49.5 Å². The van der Waals surface area contributed by atoms with Crippen molar-refractivity contribution in [3.05, 3.63) is 29.8 Å². The van der Waals surface area contributed by atoms with E-state index in [1.165, 1.54) is 0 Å². The summed E-state index contributed by atoms with van der Waals surface area (Å²) >= 11 is 0. The normalized spacial score (nSPS) is 29.8. The number of para-hydroxylation sites is 1. The SMILES string of the molecule is CCOc1ccccc1C(=O)C1CC2CCCC(C1)S2(=O)=O. The summed E-state index contributed by atoms with van der Waals surface area (Å²) in [5.41, 5.74) is 0.590. The highest BCUT2D eigenvalue weighted by atomic mass is 32.2. The molecule has 0 radical (unpaired) electrons. The van der Waals surface area contributed by atoms with Crippen molar-refractivity contribution in [1.29, 1.82) is 0 Å². The minimum absolute atomic E-state index is 0.0378. The third-order valence-corrected chi connectivity index (χ3v) is 7.61. The lowest BCUT2D eigenvalue weighted by molar-refractivity contribution is 0.0890. The van der Waals surface area contributed by atoms with Gasteiger partial charge >= 0.3 is 0 Å². The zero-order valence-corrected chi connectivity index (χ0v) is 13.6. The first-order chi connectivity index (χ1) is 10.5. The molecule has 0 saturated carbocycles. The van der Waals surface area contributed by atoms with Gasteiger partial charge in [0.25, 0.3) is 0 Å². The van der Waals surface area contributed by atoms with Crippen LogP contribution in [0.4, 0.5) is 0 Å². The molecule has 2 bridgehead atoms. The molecule has 2 aliphatic heterocycles. The molecule has 2 atom stereocenters. The molecule has 2 aliphatic rings. The summed E-state index contributed by atoms with van der Waals surface area (Å²) in [6, 6.07) is 7.27. The van der Waals surface area contributed by atoms with Gasteiger partial charge in [-0.3, -0.25) is 4.79 Å². The molecule has 0 aliphatic carbocycles. The molecule has 2 unspecified atom stereocenters. The summed E-state index contributed by atoms with van der Waals surface area (Å²) < 4.78 is 30.2. The Morgan fingerprint density at radius 2 is 1.82 bits per heavy atom. The van der Waals surface area contributed by atoms with Crippen LogP contribution in [0.1, 0.15) is 49.4 Å². The van der Waals surface area contributed by atoms with Gasteiger partial charge in [-0.1, -0.05) is 18.6 Å². The van der Waals surface area contributed by atoms with E-state index in [2.05, 4.69) is 0 Å². The molecule has 0 aromatic heterocycles. The van der Waals surface area contributed by atoms with Gasteiger partial charge in [0.05, 0.1) is 22.7 Å². The maximum absolute atomic E-state index is 12.9. The minimum atomic E-state index is -3.02. The Morgan fingerprint density at radius 1 is 1.18 bits per heavy atom. The van der Waals surface area contributed by atoms with Crippen LogP contribution in [0, 0.1) is 5.92 Å². The van der Waals surface area contributed by atoms with Crippen molar-refractivity contribution in [1.82, 2.24) is 0 Å². The smallest absolute Gasteiger partial charge is 0.169 e. The second-order valence-corrected chi connectivity index (χ2v) is 8.74. The second-order valence-electron chi connectivity index (χ2n) is 6.23. The Kier molecular flexibility index (Phi) is 4.26. The molecule has 120 valence electrons. The first kappa shape index (κ1) is 15.5. The van der Waals surface area contributed by atoms with E-state index < -0.39 is 9.84 Å². The molecule has 5 heteroatoms. The van der Waals surface area contributed by atoms with Crippen LogP contribution >= 0.6 is 0 Å². The maximum Gasteiger partial charge on any atom is 0.169 e. The molecule has 0 spiro atoms. The van der Waals surface area contributed by atoms with E-state index >= 15 is 0 Å². The van der Waals surface area contributed by atoms with Gasteiger partial charge in [0.2, 0.25) is 0 Å². The van der Waals surface area contributed by atoms with Crippen molar-refractivity contribution in [2.24, 2.45) is 5.92 Å². The summed E-state index contributed by atoms with van der Waals surface area (Å²) in [6.45, 7) is 2.40. The van der Waals surface area contributed by atoms with Crippen molar-refractivity contribution >= 4 is 15.6 Å². The number of ketones is 1. The number of hydrogen-bond donors (Lipinski definition) is 0. The fourth-order valence-corrected chi connectivity index (χ4v) is 6.33. The number of rotatable bonds is 4. The molecule has 2 heterocycles. The Hall–Kier alpha value is -1.36. The van der Waals surface area contributed by atoms with Gasteiger partial charge in [0.1, 0.15) is 5.75 Å². The first-order valence-electron chi connectivity index (χ1n) is 8.02. The molecule has 22 heavy (non-hydrogen) atoms. The lowest BCUT2D eigenvalue weighted by Crippen LogP contribution is -2.45. The number of carbonyl (C=O) groups is 1. The van der Waals surface area contributed by atoms with Crippen LogP contribution in [0.25, 0.3) is 0 Å². The second kappa shape index (κ2) is 6.03. The molecule has 1 aromatic carbocycles. The number of fused-ring (bicyclic) bond motifs is 2. The number of hydrogen-bond acceptors (Lipinski definition) is 4. The minimum Gasteiger partial charge on any atom is -0.493 e. The van der Waals surface area contributed by atoms with E-state index in [9.17, 15) is 13.2 Å². The van der Waals surface area contributed by atoms with Gasteiger partial charge in [-0.25, -0.2) is 8.42 Å². The van der Waals surface area contributed by atoms with Crippen LogP contribution in [0.2, 0.25) is 0 Å². The number of ether oxygens (including phenoxy) is 1. The molecule has 2 fully saturated rings. The standard InChI is InChI=1S/C17H22O4S/c1-2-21-16-9-4-3-8-15(16)17(18)12-10-13-6-5-7-14(11-12)22(13,19)20/h3-4,8-9,12-14H,2,5-7,10-11H2,1H3. The predicted octanol–water partition coefficient (Wildman–Crippen LogP) is 3.01. The molecular formula is C17H22O4S. The molecule has 0 N–H and O–H groups in total. The molecule has 0 amide bonds. The maximum atomic E-state index is 12.9. The molecule has 2 saturated heterocycles. The van der Waals surface area contributed by atoms with E-state index in [1.54, 1.807) is 12.1 Å². The molecule has 3 rings (SSSR count). The highest BCUT2D eigenvalue weighted by molar-refractivity contribution is 7.92. The third-order valence-electron chi connectivity index (χ3n) is 4.90. The van der Waals surface area contributed by atoms with E-state index in [-0.39, 0.29) is 22.2 Å². The van der Waals surface area contributed by atoms with Crippen LogP contribution in [0.3, 0.4) is 0 Å². The van der Waals surface area contributed by atoms with Gasteiger partial charge in [-0.05, 0) is 44.7 Å². The summed E-state index contributed by atoms with van der Waals surface area (Å²) in [5, 5.41) is -0.651. The van der Waals surface area contributed by atoms with Gasteiger partial charge in [0.15, 0.2) is 15.6 Å². The van der Waals surface area contributed by atoms with Crippen LogP contribution < -0.4 is 4.74 Å². The average molecular weight is 322 g/mol. The first-order valence-corrected chi connectivity index (χ1v) is 9.63. The Labute approximate surface area is 131 Å². The molecule has 1 aromatic rings. The number of Topliss-reactive ketones (excluding diaryl/α,β-unsaturated/α-hetero) is 1. The average Bonchev–Trinajstić information content (AvgIpc) is 2.46. The van der Waals surface area contributed by atoms with E-state index in [0.29, 0.717) is 43.6 Å². The number of benzene rings is 1. The predicted molar refractivity (Wildman–Crippen MR) is 85.0 cm³/mol. The summed E-state index contributed by atoms with van der Waals surface area (Å²) in [7, 11) is -3.02. The van der Waals surface area contributed by atoms with Crippen molar-refractivity contribution in [2.75, 3.05) is 6.61 Å². The zero-order chi connectivity index (χ0) is 15.7. The van der Waals surface area contributed by atoms with E-state index in [1.807, 2.05) is 19.1 Å². The van der Waals surface area contributed by atoms with Gasteiger partial charge in [-0.15, -0.1) is 0 Å². The van der Waals surface area contributed by atoms with E-state index in [0.717, 1.165) is 6.42 Å². The summed E-state index contributed by atoms with van der Waals surface area (Å²) in [5.74, 6) is 0.449. The van der Waals surface area contributed by atoms with Crippen molar-refractivity contribution in [3.8, 4) is 5.75 Å². The fraction of sp³-hybridized carbons (Fsp3) is 0.588.